The molecule has 0 aliphatic carbocycles. The van der Waals surface area contributed by atoms with E-state index >= 15 is 0 Å². The van der Waals surface area contributed by atoms with Crippen molar-refractivity contribution in [3.8, 4) is 0 Å². The first kappa shape index (κ1) is 16.9. The van der Waals surface area contributed by atoms with E-state index in [-0.39, 0.29) is 17.4 Å². The van der Waals surface area contributed by atoms with Crippen LogP contribution < -0.4 is 0 Å². The van der Waals surface area contributed by atoms with Crippen LogP contribution in [-0.2, 0) is 4.74 Å². The van der Waals surface area contributed by atoms with E-state index in [2.05, 4.69) is 30.9 Å². The number of aryl methyl sites for hydroxylation is 2. The molecule has 0 spiro atoms. The van der Waals surface area contributed by atoms with Crippen molar-refractivity contribution in [2.45, 2.75) is 47.1 Å². The van der Waals surface area contributed by atoms with Crippen molar-refractivity contribution in [3.05, 3.63) is 29.2 Å². The first-order valence-corrected chi connectivity index (χ1v) is 8.50. The number of nitrogens with zero attached hydrogens (tertiary/aromatic N) is 4. The highest BCUT2D eigenvalue weighted by Crippen LogP contribution is 2.27. The number of ether oxygens (including phenoxy) is 1. The molecule has 1 unspecified atom stereocenters. The molecule has 3 heterocycles. The minimum Gasteiger partial charge on any atom is -0.376 e. The molecule has 3 rings (SSSR count). The van der Waals surface area contributed by atoms with Gasteiger partial charge in [-0.2, -0.15) is 5.10 Å². The third kappa shape index (κ3) is 3.29. The highest BCUT2D eigenvalue weighted by Gasteiger charge is 2.30. The van der Waals surface area contributed by atoms with Gasteiger partial charge in [-0.25, -0.2) is 9.50 Å². The van der Waals surface area contributed by atoms with Crippen LogP contribution in [0.2, 0.25) is 0 Å². The Morgan fingerprint density at radius 1 is 1.21 bits per heavy atom. The van der Waals surface area contributed by atoms with Crippen molar-refractivity contribution in [2.24, 2.45) is 5.41 Å². The first-order valence-electron chi connectivity index (χ1n) is 8.50. The van der Waals surface area contributed by atoms with E-state index in [1.54, 1.807) is 4.52 Å². The fourth-order valence-corrected chi connectivity index (χ4v) is 3.19. The topological polar surface area (TPSA) is 59.7 Å². The minimum absolute atomic E-state index is 0.00763. The molecule has 1 aliphatic rings. The lowest BCUT2D eigenvalue weighted by atomic mass is 9.87. The molecular formula is C18H26N4O2. The van der Waals surface area contributed by atoms with E-state index in [0.717, 1.165) is 23.5 Å². The zero-order valence-corrected chi connectivity index (χ0v) is 15.2. The van der Waals surface area contributed by atoms with Crippen LogP contribution in [0.1, 0.15) is 49.1 Å². The summed E-state index contributed by atoms with van der Waals surface area (Å²) in [7, 11) is 0. The Bertz CT molecular complexity index is 760. The molecule has 24 heavy (non-hydrogen) atoms. The monoisotopic (exact) mass is 330 g/mol. The second kappa shape index (κ2) is 6.16. The molecule has 1 atom stereocenters. The summed E-state index contributed by atoms with van der Waals surface area (Å²) in [5.74, 6) is -0.00763. The van der Waals surface area contributed by atoms with Crippen molar-refractivity contribution in [1.82, 2.24) is 19.5 Å². The number of hydrogen-bond acceptors (Lipinski definition) is 4. The lowest BCUT2D eigenvalue weighted by Crippen LogP contribution is -2.35. The van der Waals surface area contributed by atoms with Crippen molar-refractivity contribution in [3.63, 3.8) is 0 Å². The molecule has 1 amide bonds. The van der Waals surface area contributed by atoms with Crippen LogP contribution >= 0.6 is 0 Å². The van der Waals surface area contributed by atoms with Gasteiger partial charge in [-0.1, -0.05) is 20.8 Å². The summed E-state index contributed by atoms with van der Waals surface area (Å²) < 4.78 is 7.62. The molecule has 0 aromatic carbocycles. The van der Waals surface area contributed by atoms with E-state index in [9.17, 15) is 4.79 Å². The minimum atomic E-state index is -0.00763. The molecule has 0 saturated carbocycles. The summed E-state index contributed by atoms with van der Waals surface area (Å²) in [6.07, 6.45) is 1.02. The number of carbonyl (C=O) groups excluding carboxylic acids is 1. The van der Waals surface area contributed by atoms with Gasteiger partial charge in [0.1, 0.15) is 5.69 Å². The van der Waals surface area contributed by atoms with Crippen LogP contribution in [-0.4, -0.2) is 51.2 Å². The van der Waals surface area contributed by atoms with E-state index in [4.69, 9.17) is 4.74 Å². The maximum atomic E-state index is 13.1. The van der Waals surface area contributed by atoms with Crippen LogP contribution in [0.5, 0.6) is 0 Å². The lowest BCUT2D eigenvalue weighted by Gasteiger charge is -2.29. The molecule has 130 valence electrons. The van der Waals surface area contributed by atoms with Gasteiger partial charge in [0.15, 0.2) is 5.65 Å². The average molecular weight is 330 g/mol. The third-order valence-corrected chi connectivity index (χ3v) is 4.49. The summed E-state index contributed by atoms with van der Waals surface area (Å²) in [6.45, 7) is 12.2. The summed E-state index contributed by atoms with van der Waals surface area (Å²) in [5, 5.41) is 4.42. The van der Waals surface area contributed by atoms with E-state index in [1.165, 1.54) is 0 Å². The zero-order valence-electron chi connectivity index (χ0n) is 15.2. The second-order valence-electron chi connectivity index (χ2n) is 7.64. The standard InChI is InChI=1S/C18H26N4O2/c1-12-10-14(22-16(19-12)11-13(2)20-22)17(23)21-7-6-15(18(3,4)5)24-9-8-21/h10-11,15H,6-9H2,1-5H3. The van der Waals surface area contributed by atoms with Crippen LogP contribution in [0, 0.1) is 19.3 Å². The molecule has 2 aromatic rings. The van der Waals surface area contributed by atoms with Gasteiger partial charge >= 0.3 is 0 Å². The molecule has 1 aliphatic heterocycles. The Balaban J connectivity index is 1.87. The maximum absolute atomic E-state index is 13.1. The number of carbonyl (C=O) groups is 1. The Kier molecular flexibility index (Phi) is 4.34. The first-order chi connectivity index (χ1) is 11.3. The van der Waals surface area contributed by atoms with Crippen molar-refractivity contribution in [2.75, 3.05) is 19.7 Å². The summed E-state index contributed by atoms with van der Waals surface area (Å²) in [5.41, 5.74) is 3.05. The van der Waals surface area contributed by atoms with Crippen LogP contribution in [0.3, 0.4) is 0 Å². The molecule has 1 saturated heterocycles. The van der Waals surface area contributed by atoms with Crippen LogP contribution in [0.15, 0.2) is 12.1 Å². The Hall–Kier alpha value is -1.95. The van der Waals surface area contributed by atoms with Crippen LogP contribution in [0.25, 0.3) is 5.65 Å². The lowest BCUT2D eigenvalue weighted by molar-refractivity contribution is -0.00973. The van der Waals surface area contributed by atoms with E-state index in [1.807, 2.05) is 30.9 Å². The average Bonchev–Trinajstić information content (AvgIpc) is 2.71. The summed E-state index contributed by atoms with van der Waals surface area (Å²) in [4.78, 5) is 19.4. The Labute approximate surface area is 142 Å². The van der Waals surface area contributed by atoms with E-state index < -0.39 is 0 Å². The third-order valence-electron chi connectivity index (χ3n) is 4.49. The molecule has 0 bridgehead atoms. The van der Waals surface area contributed by atoms with Crippen molar-refractivity contribution in [1.29, 1.82) is 0 Å². The van der Waals surface area contributed by atoms with Gasteiger partial charge in [-0.3, -0.25) is 4.79 Å². The predicted molar refractivity (Wildman–Crippen MR) is 92.2 cm³/mol. The highest BCUT2D eigenvalue weighted by molar-refractivity contribution is 5.93. The van der Waals surface area contributed by atoms with Crippen molar-refractivity contribution >= 4 is 11.6 Å². The van der Waals surface area contributed by atoms with Gasteiger partial charge in [0.25, 0.3) is 5.91 Å². The fourth-order valence-electron chi connectivity index (χ4n) is 3.19. The fraction of sp³-hybridized carbons (Fsp3) is 0.611. The van der Waals surface area contributed by atoms with Crippen molar-refractivity contribution < 1.29 is 9.53 Å². The smallest absolute Gasteiger partial charge is 0.272 e. The van der Waals surface area contributed by atoms with Gasteiger partial charge in [-0.05, 0) is 31.7 Å². The quantitative estimate of drug-likeness (QED) is 0.806. The molecule has 0 N–H and O–H groups in total. The summed E-state index contributed by atoms with van der Waals surface area (Å²) in [6, 6.07) is 3.71. The molecule has 6 nitrogen and oxygen atoms in total. The molecular weight excluding hydrogens is 304 g/mol. The number of fused-ring (bicyclic) bond motifs is 1. The van der Waals surface area contributed by atoms with Gasteiger partial charge in [-0.15, -0.1) is 0 Å². The van der Waals surface area contributed by atoms with Crippen LogP contribution in [0.4, 0.5) is 0 Å². The molecule has 2 aromatic heterocycles. The SMILES string of the molecule is Cc1cc(C(=O)N2CCOC(C(C)(C)C)CC2)n2nc(C)cc2n1. The van der Waals surface area contributed by atoms with E-state index in [0.29, 0.717) is 25.4 Å². The molecule has 6 heteroatoms. The number of hydrogen-bond donors (Lipinski definition) is 0. The summed E-state index contributed by atoms with van der Waals surface area (Å²) >= 11 is 0. The van der Waals surface area contributed by atoms with Gasteiger partial charge < -0.3 is 9.64 Å². The molecule has 0 radical (unpaired) electrons. The Morgan fingerprint density at radius 2 is 1.96 bits per heavy atom. The largest absolute Gasteiger partial charge is 0.376 e. The zero-order chi connectivity index (χ0) is 17.5. The normalized spacial score (nSPS) is 19.5. The van der Waals surface area contributed by atoms with Gasteiger partial charge in [0, 0.05) is 24.8 Å². The second-order valence-corrected chi connectivity index (χ2v) is 7.64. The number of aromatic nitrogens is 3. The number of rotatable bonds is 1. The highest BCUT2D eigenvalue weighted by atomic mass is 16.5. The Morgan fingerprint density at radius 3 is 2.67 bits per heavy atom. The van der Waals surface area contributed by atoms with Gasteiger partial charge in [0.05, 0.1) is 18.4 Å². The predicted octanol–water partition coefficient (Wildman–Crippen LogP) is 2.62. The molecule has 1 fully saturated rings. The maximum Gasteiger partial charge on any atom is 0.272 e. The van der Waals surface area contributed by atoms with Gasteiger partial charge in [0.2, 0.25) is 0 Å². The number of amides is 1.